The Morgan fingerprint density at radius 1 is 1.10 bits per heavy atom. The highest BCUT2D eigenvalue weighted by Gasteiger charge is 2.51. The number of allylic oxidation sites excluding steroid dienone is 1. The highest BCUT2D eigenvalue weighted by molar-refractivity contribution is 5.95. The zero-order valence-corrected chi connectivity index (χ0v) is 12.8. The van der Waals surface area contributed by atoms with Crippen molar-refractivity contribution in [3.63, 3.8) is 0 Å². The second-order valence-electron chi connectivity index (χ2n) is 5.22. The molecule has 0 atom stereocenters. The molecule has 6 nitrogen and oxygen atoms in total. The van der Waals surface area contributed by atoms with E-state index in [0.717, 1.165) is 12.8 Å². The van der Waals surface area contributed by atoms with Crippen LogP contribution in [0.1, 0.15) is 25.7 Å². The van der Waals surface area contributed by atoms with E-state index in [-0.39, 0.29) is 10.4 Å². The molecule has 0 aromatic carbocycles. The normalized spacial score (nSPS) is 20.8. The third-order valence-corrected chi connectivity index (χ3v) is 4.15. The van der Waals surface area contributed by atoms with E-state index in [1.807, 2.05) is 6.08 Å². The molecule has 2 amide bonds. The SMILES string of the molecule is COC(=O)[N+]1(C(=O)C2=C(OC)C(OC)=CCC2)CCCC1. The number of methoxy groups -OCH3 is 3. The van der Waals surface area contributed by atoms with Crippen molar-refractivity contribution in [3.05, 3.63) is 23.2 Å². The van der Waals surface area contributed by atoms with Crippen LogP contribution in [0.2, 0.25) is 0 Å². The van der Waals surface area contributed by atoms with E-state index in [4.69, 9.17) is 14.2 Å². The smallest absolute Gasteiger partial charge is 0.493 e. The molecule has 6 heteroatoms. The Balaban J connectivity index is 2.43. The van der Waals surface area contributed by atoms with Crippen molar-refractivity contribution < 1.29 is 28.3 Å². The topological polar surface area (TPSA) is 61.8 Å². The predicted octanol–water partition coefficient (Wildman–Crippen LogP) is 2.11. The maximum Gasteiger partial charge on any atom is 0.523 e. The Labute approximate surface area is 124 Å². The molecule has 2 rings (SSSR count). The number of ether oxygens (including phenoxy) is 3. The van der Waals surface area contributed by atoms with Crippen molar-refractivity contribution in [1.29, 1.82) is 0 Å². The average Bonchev–Trinajstić information content (AvgIpc) is 3.03. The van der Waals surface area contributed by atoms with Gasteiger partial charge in [-0.1, -0.05) is 0 Å². The van der Waals surface area contributed by atoms with Crippen LogP contribution >= 0.6 is 0 Å². The van der Waals surface area contributed by atoms with Gasteiger partial charge < -0.3 is 14.2 Å². The van der Waals surface area contributed by atoms with Crippen molar-refractivity contribution in [2.45, 2.75) is 25.7 Å². The summed E-state index contributed by atoms with van der Waals surface area (Å²) in [5.41, 5.74) is 0.518. The van der Waals surface area contributed by atoms with Gasteiger partial charge in [-0.3, -0.25) is 0 Å². The first-order valence-electron chi connectivity index (χ1n) is 7.13. The van der Waals surface area contributed by atoms with Crippen LogP contribution in [0.5, 0.6) is 0 Å². The van der Waals surface area contributed by atoms with Crippen LogP contribution in [0.3, 0.4) is 0 Å². The van der Waals surface area contributed by atoms with Crippen LogP contribution in [-0.2, 0) is 19.0 Å². The molecule has 21 heavy (non-hydrogen) atoms. The number of amides is 2. The second-order valence-corrected chi connectivity index (χ2v) is 5.22. The third kappa shape index (κ3) is 2.55. The Hall–Kier alpha value is -1.82. The summed E-state index contributed by atoms with van der Waals surface area (Å²) in [6.07, 6.45) is 4.31. The van der Waals surface area contributed by atoms with Crippen LogP contribution < -0.4 is 0 Å². The van der Waals surface area contributed by atoms with Gasteiger partial charge in [0.25, 0.3) is 0 Å². The van der Waals surface area contributed by atoms with E-state index in [1.165, 1.54) is 14.2 Å². The first-order chi connectivity index (χ1) is 10.1. The van der Waals surface area contributed by atoms with Crippen molar-refractivity contribution in [2.24, 2.45) is 0 Å². The van der Waals surface area contributed by atoms with E-state index in [1.54, 1.807) is 7.11 Å². The van der Waals surface area contributed by atoms with Crippen LogP contribution in [0.25, 0.3) is 0 Å². The number of nitrogens with zero attached hydrogens (tertiary/aromatic N) is 1. The minimum atomic E-state index is -0.492. The number of hydrogen-bond donors (Lipinski definition) is 0. The van der Waals surface area contributed by atoms with E-state index >= 15 is 0 Å². The molecule has 1 heterocycles. The van der Waals surface area contributed by atoms with Crippen molar-refractivity contribution in [1.82, 2.24) is 0 Å². The van der Waals surface area contributed by atoms with Gasteiger partial charge in [-0.25, -0.2) is 4.79 Å². The van der Waals surface area contributed by atoms with Crippen molar-refractivity contribution in [3.8, 4) is 0 Å². The summed E-state index contributed by atoms with van der Waals surface area (Å²) in [4.78, 5) is 25.2. The molecule has 0 aromatic rings. The minimum Gasteiger partial charge on any atom is -0.493 e. The first kappa shape index (κ1) is 15.6. The number of carbonyl (C=O) groups is 2. The molecule has 1 aliphatic heterocycles. The Bertz CT molecular complexity index is 500. The molecule has 0 aromatic heterocycles. The highest BCUT2D eigenvalue weighted by Crippen LogP contribution is 2.32. The fourth-order valence-corrected chi connectivity index (χ4v) is 3.08. The summed E-state index contributed by atoms with van der Waals surface area (Å²) in [5.74, 6) is 0.759. The fourth-order valence-electron chi connectivity index (χ4n) is 3.08. The molecule has 0 N–H and O–H groups in total. The van der Waals surface area contributed by atoms with Crippen LogP contribution in [0.15, 0.2) is 23.2 Å². The van der Waals surface area contributed by atoms with Gasteiger partial charge in [0, 0.05) is 12.8 Å². The zero-order chi connectivity index (χ0) is 15.5. The summed E-state index contributed by atoms with van der Waals surface area (Å²) in [6.45, 7) is 0.968. The number of quaternary nitrogens is 1. The lowest BCUT2D eigenvalue weighted by Crippen LogP contribution is -2.55. The highest BCUT2D eigenvalue weighted by atomic mass is 16.5. The van der Waals surface area contributed by atoms with Gasteiger partial charge >= 0.3 is 12.0 Å². The van der Waals surface area contributed by atoms with Crippen molar-refractivity contribution >= 4 is 12.0 Å². The lowest BCUT2D eigenvalue weighted by atomic mass is 10.00. The van der Waals surface area contributed by atoms with E-state index in [0.29, 0.717) is 43.0 Å². The quantitative estimate of drug-likeness (QED) is 0.746. The molecule has 0 spiro atoms. The van der Waals surface area contributed by atoms with Crippen LogP contribution in [0.4, 0.5) is 4.79 Å². The summed E-state index contributed by atoms with van der Waals surface area (Å²) in [5, 5.41) is 0. The zero-order valence-electron chi connectivity index (χ0n) is 12.8. The van der Waals surface area contributed by atoms with Crippen LogP contribution in [0, 0.1) is 0 Å². The molecule has 0 unspecified atom stereocenters. The summed E-state index contributed by atoms with van der Waals surface area (Å²) in [7, 11) is 4.37. The molecule has 0 bridgehead atoms. The van der Waals surface area contributed by atoms with Gasteiger partial charge in [0.05, 0.1) is 34.4 Å². The Morgan fingerprint density at radius 2 is 1.76 bits per heavy atom. The Morgan fingerprint density at radius 3 is 2.29 bits per heavy atom. The molecular weight excluding hydrogens is 274 g/mol. The summed E-state index contributed by atoms with van der Waals surface area (Å²) < 4.78 is 15.2. The maximum atomic E-state index is 13.0. The summed E-state index contributed by atoms with van der Waals surface area (Å²) >= 11 is 0. The molecule has 0 radical (unpaired) electrons. The van der Waals surface area contributed by atoms with Gasteiger partial charge in [-0.15, -0.1) is 0 Å². The van der Waals surface area contributed by atoms with Crippen molar-refractivity contribution in [2.75, 3.05) is 34.4 Å². The number of carbonyl (C=O) groups excluding carboxylic acids is 2. The number of likely N-dealkylation sites (tertiary alicyclic amines) is 1. The molecular formula is C15H22NO5+. The minimum absolute atomic E-state index is 0.223. The lowest BCUT2D eigenvalue weighted by Gasteiger charge is -2.28. The van der Waals surface area contributed by atoms with Gasteiger partial charge in [0.15, 0.2) is 11.5 Å². The average molecular weight is 296 g/mol. The monoisotopic (exact) mass is 296 g/mol. The lowest BCUT2D eigenvalue weighted by molar-refractivity contribution is -0.766. The number of hydrogen-bond acceptors (Lipinski definition) is 5. The number of imide groups is 1. The Kier molecular flexibility index (Phi) is 4.67. The largest absolute Gasteiger partial charge is 0.523 e. The van der Waals surface area contributed by atoms with Gasteiger partial charge in [0.1, 0.15) is 5.57 Å². The first-order valence-corrected chi connectivity index (χ1v) is 7.13. The molecule has 1 saturated heterocycles. The second kappa shape index (κ2) is 6.30. The van der Waals surface area contributed by atoms with E-state index < -0.39 is 6.09 Å². The van der Waals surface area contributed by atoms with Gasteiger partial charge in [0.2, 0.25) is 0 Å². The molecule has 1 aliphatic carbocycles. The van der Waals surface area contributed by atoms with E-state index in [9.17, 15) is 9.59 Å². The summed E-state index contributed by atoms with van der Waals surface area (Å²) in [6, 6.07) is 0. The maximum absolute atomic E-state index is 13.0. The molecule has 2 aliphatic rings. The standard InChI is InChI=1S/C15H22NO5/c1-19-12-8-6-7-11(13(12)20-2)14(17)16(15(18)21-3)9-4-5-10-16/h8H,4-7,9-10H2,1-3H3/q+1. The molecule has 116 valence electrons. The van der Waals surface area contributed by atoms with Gasteiger partial charge in [-0.05, 0) is 18.9 Å². The van der Waals surface area contributed by atoms with E-state index in [2.05, 4.69) is 0 Å². The van der Waals surface area contributed by atoms with Crippen LogP contribution in [-0.4, -0.2) is 50.9 Å². The predicted molar refractivity (Wildman–Crippen MR) is 75.0 cm³/mol. The molecule has 0 saturated carbocycles. The fraction of sp³-hybridized carbons (Fsp3) is 0.600. The third-order valence-electron chi connectivity index (χ3n) is 4.15. The van der Waals surface area contributed by atoms with Gasteiger partial charge in [-0.2, -0.15) is 9.28 Å². The molecule has 1 fully saturated rings. The number of rotatable bonds is 3.